The van der Waals surface area contributed by atoms with E-state index in [0.29, 0.717) is 13.2 Å². The molecule has 1 unspecified atom stereocenters. The summed E-state index contributed by atoms with van der Waals surface area (Å²) in [6, 6.07) is 10.1. The maximum Gasteiger partial charge on any atom is 0.0897 e. The van der Waals surface area contributed by atoms with Crippen LogP contribution in [0.3, 0.4) is 0 Å². The summed E-state index contributed by atoms with van der Waals surface area (Å²) >= 11 is 0. The van der Waals surface area contributed by atoms with E-state index >= 15 is 0 Å². The van der Waals surface area contributed by atoms with Gasteiger partial charge in [0.2, 0.25) is 0 Å². The molecule has 1 atom stereocenters. The molecule has 3 nitrogen and oxygen atoms in total. The Morgan fingerprint density at radius 1 is 1.25 bits per heavy atom. The first-order valence-corrected chi connectivity index (χ1v) is 5.73. The maximum atomic E-state index is 9.59. The highest BCUT2D eigenvalue weighted by Gasteiger charge is 2.04. The summed E-state index contributed by atoms with van der Waals surface area (Å²) in [5.74, 6) is 0. The highest BCUT2D eigenvalue weighted by molar-refractivity contribution is 5.14. The summed E-state index contributed by atoms with van der Waals surface area (Å²) < 4.78 is 5.32. The molecule has 1 rings (SSSR count). The molecule has 0 fully saturated rings. The fourth-order valence-corrected chi connectivity index (χ4v) is 1.34. The van der Waals surface area contributed by atoms with Gasteiger partial charge in [-0.2, -0.15) is 0 Å². The Kier molecular flexibility index (Phi) is 6.08. The summed E-state index contributed by atoms with van der Waals surface area (Å²) in [5, 5.41) is 12.8. The lowest BCUT2D eigenvalue weighted by Crippen LogP contribution is -2.31. The van der Waals surface area contributed by atoms with Crippen molar-refractivity contribution >= 4 is 0 Å². The third-order valence-electron chi connectivity index (χ3n) is 2.17. The second kappa shape index (κ2) is 7.39. The van der Waals surface area contributed by atoms with Crippen LogP contribution in [0.15, 0.2) is 30.3 Å². The van der Waals surface area contributed by atoms with E-state index in [1.807, 2.05) is 32.0 Å². The van der Waals surface area contributed by atoms with Crippen LogP contribution in [-0.2, 0) is 11.3 Å². The van der Waals surface area contributed by atoms with Crippen LogP contribution in [0.2, 0.25) is 0 Å². The molecule has 0 radical (unpaired) electrons. The normalized spacial score (nSPS) is 13.0. The highest BCUT2D eigenvalue weighted by atomic mass is 16.5. The van der Waals surface area contributed by atoms with Crippen molar-refractivity contribution in [2.24, 2.45) is 0 Å². The number of rotatable bonds is 7. The van der Waals surface area contributed by atoms with Crippen LogP contribution >= 0.6 is 0 Å². The minimum absolute atomic E-state index is 0.170. The van der Waals surface area contributed by atoms with E-state index in [1.165, 1.54) is 5.56 Å². The van der Waals surface area contributed by atoms with E-state index in [9.17, 15) is 5.11 Å². The van der Waals surface area contributed by atoms with E-state index in [0.717, 1.165) is 6.54 Å². The molecule has 0 aliphatic rings. The van der Waals surface area contributed by atoms with Crippen molar-refractivity contribution in [1.82, 2.24) is 5.32 Å². The predicted octanol–water partition coefficient (Wildman–Crippen LogP) is 1.56. The van der Waals surface area contributed by atoms with E-state index in [-0.39, 0.29) is 6.10 Å². The lowest BCUT2D eigenvalue weighted by atomic mass is 10.2. The predicted molar refractivity (Wildman–Crippen MR) is 65.2 cm³/mol. The van der Waals surface area contributed by atoms with Crippen LogP contribution in [0.4, 0.5) is 0 Å². The van der Waals surface area contributed by atoms with Gasteiger partial charge in [-0.25, -0.2) is 0 Å². The number of benzene rings is 1. The van der Waals surface area contributed by atoms with Crippen molar-refractivity contribution < 1.29 is 9.84 Å². The summed E-state index contributed by atoms with van der Waals surface area (Å²) in [6.45, 7) is 5.65. The Morgan fingerprint density at radius 3 is 2.56 bits per heavy atom. The number of hydrogen-bond donors (Lipinski definition) is 2. The molecule has 3 heteroatoms. The zero-order chi connectivity index (χ0) is 11.8. The number of nitrogens with one attached hydrogen (secondary N) is 1. The van der Waals surface area contributed by atoms with Crippen molar-refractivity contribution in [2.75, 3.05) is 13.2 Å². The van der Waals surface area contributed by atoms with Gasteiger partial charge in [0.1, 0.15) is 0 Å². The average molecular weight is 223 g/mol. The fraction of sp³-hybridized carbons (Fsp3) is 0.538. The first-order valence-electron chi connectivity index (χ1n) is 5.73. The van der Waals surface area contributed by atoms with Gasteiger partial charge >= 0.3 is 0 Å². The molecule has 16 heavy (non-hydrogen) atoms. The molecule has 2 N–H and O–H groups in total. The summed E-state index contributed by atoms with van der Waals surface area (Å²) in [6.07, 6.45) is -0.269. The lowest BCUT2D eigenvalue weighted by molar-refractivity contribution is 0.00630. The minimum atomic E-state index is -0.439. The molecule has 90 valence electrons. The van der Waals surface area contributed by atoms with Crippen LogP contribution in [0, 0.1) is 0 Å². The van der Waals surface area contributed by atoms with Gasteiger partial charge in [-0.3, -0.25) is 0 Å². The van der Waals surface area contributed by atoms with Gasteiger partial charge in [-0.05, 0) is 19.4 Å². The largest absolute Gasteiger partial charge is 0.389 e. The SMILES string of the molecule is CC(C)OCC(O)CNCc1ccccc1. The Bertz CT molecular complexity index is 275. The van der Waals surface area contributed by atoms with Gasteiger partial charge < -0.3 is 15.2 Å². The quantitative estimate of drug-likeness (QED) is 0.737. The molecule has 0 heterocycles. The molecule has 0 aromatic heterocycles. The van der Waals surface area contributed by atoms with E-state index in [4.69, 9.17) is 4.74 Å². The molecular weight excluding hydrogens is 202 g/mol. The van der Waals surface area contributed by atoms with Crippen molar-refractivity contribution in [3.63, 3.8) is 0 Å². The molecule has 0 aliphatic carbocycles. The van der Waals surface area contributed by atoms with Crippen LogP contribution in [-0.4, -0.2) is 30.5 Å². The van der Waals surface area contributed by atoms with Gasteiger partial charge in [0.15, 0.2) is 0 Å². The van der Waals surface area contributed by atoms with Crippen molar-refractivity contribution in [3.05, 3.63) is 35.9 Å². The first kappa shape index (κ1) is 13.2. The second-order valence-corrected chi connectivity index (χ2v) is 4.15. The lowest BCUT2D eigenvalue weighted by Gasteiger charge is -2.14. The Labute approximate surface area is 97.4 Å². The molecule has 0 amide bonds. The molecule has 0 aliphatic heterocycles. The van der Waals surface area contributed by atoms with Gasteiger partial charge in [-0.1, -0.05) is 30.3 Å². The zero-order valence-electron chi connectivity index (χ0n) is 10.0. The van der Waals surface area contributed by atoms with Crippen LogP contribution in [0.1, 0.15) is 19.4 Å². The second-order valence-electron chi connectivity index (χ2n) is 4.15. The third kappa shape index (κ3) is 5.85. The zero-order valence-corrected chi connectivity index (χ0v) is 10.0. The summed E-state index contributed by atoms with van der Waals surface area (Å²) in [5.41, 5.74) is 1.22. The van der Waals surface area contributed by atoms with Crippen LogP contribution in [0.25, 0.3) is 0 Å². The van der Waals surface area contributed by atoms with Gasteiger partial charge in [0, 0.05) is 13.1 Å². The Hall–Kier alpha value is -0.900. The topological polar surface area (TPSA) is 41.5 Å². The maximum absolute atomic E-state index is 9.59. The molecule has 1 aromatic carbocycles. The third-order valence-corrected chi connectivity index (χ3v) is 2.17. The van der Waals surface area contributed by atoms with E-state index in [1.54, 1.807) is 0 Å². The standard InChI is InChI=1S/C13H21NO2/c1-11(2)16-10-13(15)9-14-8-12-6-4-3-5-7-12/h3-7,11,13-15H,8-10H2,1-2H3. The smallest absolute Gasteiger partial charge is 0.0897 e. The number of aliphatic hydroxyl groups is 1. The molecule has 0 saturated carbocycles. The van der Waals surface area contributed by atoms with Crippen molar-refractivity contribution in [2.45, 2.75) is 32.6 Å². The number of hydrogen-bond acceptors (Lipinski definition) is 3. The average Bonchev–Trinajstić information content (AvgIpc) is 2.28. The molecular formula is C13H21NO2. The van der Waals surface area contributed by atoms with Gasteiger partial charge in [-0.15, -0.1) is 0 Å². The molecule has 0 bridgehead atoms. The van der Waals surface area contributed by atoms with Crippen molar-refractivity contribution in [1.29, 1.82) is 0 Å². The van der Waals surface area contributed by atoms with Crippen LogP contribution in [0.5, 0.6) is 0 Å². The van der Waals surface area contributed by atoms with Crippen molar-refractivity contribution in [3.8, 4) is 0 Å². The van der Waals surface area contributed by atoms with E-state index in [2.05, 4.69) is 17.4 Å². The Morgan fingerprint density at radius 2 is 1.94 bits per heavy atom. The highest BCUT2D eigenvalue weighted by Crippen LogP contribution is 1.97. The first-order chi connectivity index (χ1) is 7.68. The summed E-state index contributed by atoms with van der Waals surface area (Å²) in [7, 11) is 0. The molecule has 1 aromatic rings. The number of aliphatic hydroxyl groups excluding tert-OH is 1. The monoisotopic (exact) mass is 223 g/mol. The minimum Gasteiger partial charge on any atom is -0.389 e. The number of ether oxygens (including phenoxy) is 1. The molecule has 0 spiro atoms. The van der Waals surface area contributed by atoms with Gasteiger partial charge in [0.25, 0.3) is 0 Å². The van der Waals surface area contributed by atoms with E-state index < -0.39 is 6.10 Å². The van der Waals surface area contributed by atoms with Gasteiger partial charge in [0.05, 0.1) is 18.8 Å². The van der Waals surface area contributed by atoms with Crippen LogP contribution < -0.4 is 5.32 Å². The fourth-order valence-electron chi connectivity index (χ4n) is 1.34. The Balaban J connectivity index is 2.11. The molecule has 0 saturated heterocycles. The summed E-state index contributed by atoms with van der Waals surface area (Å²) in [4.78, 5) is 0.